The lowest BCUT2D eigenvalue weighted by atomic mass is 10.1. The zero-order valence-electron chi connectivity index (χ0n) is 25.2. The summed E-state index contributed by atoms with van der Waals surface area (Å²) < 4.78 is 48.0. The van der Waals surface area contributed by atoms with Crippen LogP contribution in [0, 0.1) is 23.0 Å². The van der Waals surface area contributed by atoms with Gasteiger partial charge in [-0.05, 0) is 68.2 Å². The number of aromatic nitrogens is 4. The summed E-state index contributed by atoms with van der Waals surface area (Å²) in [6.07, 6.45) is 3.49. The number of pyridine rings is 2. The number of nitriles is 1. The number of carboxylic acids is 1. The van der Waals surface area contributed by atoms with E-state index in [4.69, 9.17) is 29.4 Å². The number of hydrogen-bond acceptors (Lipinski definition) is 9. The van der Waals surface area contributed by atoms with Crippen molar-refractivity contribution in [3.05, 3.63) is 83.0 Å². The summed E-state index contributed by atoms with van der Waals surface area (Å²) in [7, 11) is 0. The van der Waals surface area contributed by atoms with Gasteiger partial charge < -0.3 is 23.9 Å². The van der Waals surface area contributed by atoms with Crippen molar-refractivity contribution in [2.45, 2.75) is 58.1 Å². The Bertz CT molecular complexity index is 1830. The Hall–Kier alpha value is -4.93. The van der Waals surface area contributed by atoms with E-state index in [1.807, 2.05) is 12.1 Å². The highest BCUT2D eigenvalue weighted by molar-refractivity contribution is 5.89. The van der Waals surface area contributed by atoms with Crippen molar-refractivity contribution >= 4 is 22.7 Å². The van der Waals surface area contributed by atoms with E-state index in [0.717, 1.165) is 62.4 Å². The normalized spacial score (nSPS) is 17.4. The number of carbonyl (C=O) groups is 1. The summed E-state index contributed by atoms with van der Waals surface area (Å²) in [6.45, 7) is 4.83. The molecular weight excluding hydrogens is 598 g/mol. The van der Waals surface area contributed by atoms with Gasteiger partial charge in [-0.3, -0.25) is 4.90 Å². The number of rotatable bonds is 11. The van der Waals surface area contributed by atoms with Gasteiger partial charge in [-0.15, -0.1) is 0 Å². The third-order valence-corrected chi connectivity index (χ3v) is 8.10. The van der Waals surface area contributed by atoms with Crippen molar-refractivity contribution in [1.82, 2.24) is 24.4 Å². The van der Waals surface area contributed by atoms with Gasteiger partial charge in [0.1, 0.15) is 35.6 Å². The fourth-order valence-electron chi connectivity index (χ4n) is 5.49. The molecule has 0 spiro atoms. The predicted molar refractivity (Wildman–Crippen MR) is 162 cm³/mol. The Labute approximate surface area is 263 Å². The zero-order valence-corrected chi connectivity index (χ0v) is 25.2. The van der Waals surface area contributed by atoms with Crippen LogP contribution in [0.1, 0.15) is 49.0 Å². The summed E-state index contributed by atoms with van der Waals surface area (Å²) in [5.74, 6) is -1.32. The lowest BCUT2D eigenvalue weighted by Crippen LogP contribution is -2.39. The molecule has 11 nitrogen and oxygen atoms in total. The fraction of sp³-hybridized carbons (Fsp3) is 0.364. The largest absolute Gasteiger partial charge is 0.484 e. The molecule has 5 heterocycles. The Balaban J connectivity index is 1.09. The van der Waals surface area contributed by atoms with E-state index in [2.05, 4.69) is 14.5 Å². The van der Waals surface area contributed by atoms with Gasteiger partial charge in [0, 0.05) is 31.8 Å². The Morgan fingerprint density at radius 2 is 1.91 bits per heavy atom. The molecule has 2 saturated heterocycles. The van der Waals surface area contributed by atoms with Crippen molar-refractivity contribution in [3.63, 3.8) is 0 Å². The molecule has 1 aromatic carbocycles. The van der Waals surface area contributed by atoms with E-state index in [1.54, 1.807) is 13.0 Å². The fourth-order valence-corrected chi connectivity index (χ4v) is 5.49. The first-order valence-corrected chi connectivity index (χ1v) is 15.0. The van der Waals surface area contributed by atoms with Crippen LogP contribution >= 0.6 is 0 Å². The van der Waals surface area contributed by atoms with Gasteiger partial charge in [0.15, 0.2) is 17.2 Å². The quantitative estimate of drug-likeness (QED) is 0.229. The van der Waals surface area contributed by atoms with Crippen LogP contribution < -0.4 is 9.47 Å². The minimum Gasteiger partial charge on any atom is -0.484 e. The number of allylic oxidation sites excluding steroid dienone is 1. The summed E-state index contributed by atoms with van der Waals surface area (Å²) in [5.41, 5.74) is 2.72. The molecule has 1 atom stereocenters. The summed E-state index contributed by atoms with van der Waals surface area (Å²) in [5, 5.41) is 18.1. The number of piperidine rings is 1. The molecule has 1 N–H and O–H groups in total. The van der Waals surface area contributed by atoms with E-state index in [0.29, 0.717) is 30.0 Å². The maximum Gasteiger partial charge on any atom is 0.328 e. The first kappa shape index (κ1) is 31.1. The molecule has 2 aliphatic heterocycles. The maximum atomic E-state index is 14.5. The van der Waals surface area contributed by atoms with Crippen LogP contribution in [-0.2, 0) is 29.2 Å². The molecule has 0 aliphatic carbocycles. The van der Waals surface area contributed by atoms with Gasteiger partial charge in [0.05, 0.1) is 36.5 Å². The number of carboxylic acid groups (broad SMARTS) is 1. The van der Waals surface area contributed by atoms with Crippen LogP contribution in [0.3, 0.4) is 0 Å². The van der Waals surface area contributed by atoms with E-state index in [9.17, 15) is 18.7 Å². The number of hydrogen-bond donors (Lipinski definition) is 1. The second-order valence-corrected chi connectivity index (χ2v) is 11.3. The van der Waals surface area contributed by atoms with E-state index in [-0.39, 0.29) is 41.7 Å². The SMILES string of the molecule is C/C(=C\C(=O)O)c1ccc2nc(CN3CCC(Oc4ccc(F)c(COc5ccc(C#N)cc5F)n4)CC3)n(C[C@@H]3CCO3)c2n1. The second kappa shape index (κ2) is 13.6. The highest BCUT2D eigenvalue weighted by Gasteiger charge is 2.26. The summed E-state index contributed by atoms with van der Waals surface area (Å²) >= 11 is 0. The number of nitrogens with zero attached hydrogens (tertiary/aromatic N) is 6. The van der Waals surface area contributed by atoms with Gasteiger partial charge in [-0.2, -0.15) is 5.26 Å². The monoisotopic (exact) mass is 630 g/mol. The standard InChI is InChI=1S/C33H32F2N6O5/c1-20(14-32(42)43)26-4-5-27-33(39-26)41(17-23-10-13-44-23)30(37-27)18-40-11-8-22(9-12-40)46-31-7-3-24(34)28(38-31)19-45-29-6-2-21(16-36)15-25(29)35/h2-7,14-15,22-23H,8-13,17-19H2,1H3,(H,42,43)/b20-14+/t23-/m0/s1. The number of aliphatic carboxylic acids is 1. The number of benzene rings is 1. The number of halogens is 2. The van der Waals surface area contributed by atoms with Gasteiger partial charge in [-0.1, -0.05) is 0 Å². The van der Waals surface area contributed by atoms with Gasteiger partial charge in [0.2, 0.25) is 5.88 Å². The molecule has 0 radical (unpaired) electrons. The number of likely N-dealkylation sites (tertiary alicyclic amines) is 1. The third-order valence-electron chi connectivity index (χ3n) is 8.10. The molecule has 46 heavy (non-hydrogen) atoms. The highest BCUT2D eigenvalue weighted by Crippen LogP contribution is 2.26. The van der Waals surface area contributed by atoms with E-state index in [1.165, 1.54) is 24.3 Å². The number of fused-ring (bicyclic) bond motifs is 1. The van der Waals surface area contributed by atoms with Crippen LogP contribution in [0.15, 0.2) is 48.5 Å². The predicted octanol–water partition coefficient (Wildman–Crippen LogP) is 4.88. The molecule has 2 fully saturated rings. The van der Waals surface area contributed by atoms with Crippen molar-refractivity contribution in [2.24, 2.45) is 0 Å². The molecule has 0 amide bonds. The highest BCUT2D eigenvalue weighted by atomic mass is 19.1. The molecule has 0 bridgehead atoms. The van der Waals surface area contributed by atoms with Crippen LogP contribution in [-0.4, -0.2) is 67.4 Å². The molecule has 0 saturated carbocycles. The van der Waals surface area contributed by atoms with E-state index >= 15 is 0 Å². The first-order valence-electron chi connectivity index (χ1n) is 15.0. The molecule has 4 aromatic rings. The van der Waals surface area contributed by atoms with Crippen molar-refractivity contribution in [1.29, 1.82) is 5.26 Å². The Kier molecular flexibility index (Phi) is 9.18. The van der Waals surface area contributed by atoms with Gasteiger partial charge in [-0.25, -0.2) is 28.5 Å². The summed E-state index contributed by atoms with van der Waals surface area (Å²) in [4.78, 5) is 27.4. The molecule has 0 unspecified atom stereocenters. The van der Waals surface area contributed by atoms with Gasteiger partial charge in [0.25, 0.3) is 0 Å². The van der Waals surface area contributed by atoms with Crippen molar-refractivity contribution in [2.75, 3.05) is 19.7 Å². The maximum absolute atomic E-state index is 14.5. The lowest BCUT2D eigenvalue weighted by molar-refractivity contribution is -0.131. The second-order valence-electron chi connectivity index (χ2n) is 11.3. The van der Waals surface area contributed by atoms with E-state index < -0.39 is 17.6 Å². The summed E-state index contributed by atoms with van der Waals surface area (Å²) in [6, 6.07) is 12.0. The van der Waals surface area contributed by atoms with Crippen molar-refractivity contribution < 1.29 is 32.9 Å². The lowest BCUT2D eigenvalue weighted by Gasteiger charge is -2.32. The van der Waals surface area contributed by atoms with Crippen LogP contribution in [0.5, 0.6) is 11.6 Å². The molecule has 13 heteroatoms. The van der Waals surface area contributed by atoms with Crippen LogP contribution in [0.25, 0.3) is 16.7 Å². The smallest absolute Gasteiger partial charge is 0.328 e. The molecule has 238 valence electrons. The topological polar surface area (TPSA) is 136 Å². The molecule has 6 rings (SSSR count). The minimum atomic E-state index is -1.02. The number of imidazole rings is 1. The third kappa shape index (κ3) is 7.14. The average molecular weight is 631 g/mol. The number of ether oxygens (including phenoxy) is 3. The first-order chi connectivity index (χ1) is 22.2. The molecular formula is C33H32F2N6O5. The molecule has 2 aliphatic rings. The Morgan fingerprint density at radius 1 is 1.11 bits per heavy atom. The average Bonchev–Trinajstić information content (AvgIpc) is 3.35. The van der Waals surface area contributed by atoms with Crippen LogP contribution in [0.4, 0.5) is 8.78 Å². The molecule has 3 aromatic heterocycles. The van der Waals surface area contributed by atoms with Crippen molar-refractivity contribution in [3.8, 4) is 17.7 Å². The van der Waals surface area contributed by atoms with Crippen LogP contribution in [0.2, 0.25) is 0 Å². The Morgan fingerprint density at radius 3 is 2.61 bits per heavy atom. The van der Waals surface area contributed by atoms with Gasteiger partial charge >= 0.3 is 5.97 Å². The zero-order chi connectivity index (χ0) is 32.2. The minimum absolute atomic E-state index is 0.0153.